The summed E-state index contributed by atoms with van der Waals surface area (Å²) in [5.41, 5.74) is 5.47. The molecule has 6 heteroatoms. The number of nitrogen functional groups attached to an aromatic ring is 1. The molecule has 1 aliphatic heterocycles. The first-order valence-electron chi connectivity index (χ1n) is 7.28. The summed E-state index contributed by atoms with van der Waals surface area (Å²) < 4.78 is 0. The van der Waals surface area contributed by atoms with Crippen LogP contribution in [0.3, 0.4) is 0 Å². The number of carbonyl (C=O) groups excluding carboxylic acids is 4. The van der Waals surface area contributed by atoms with Crippen molar-refractivity contribution in [2.45, 2.75) is 31.2 Å². The predicted octanol–water partition coefficient (Wildman–Crippen LogP) is 0.946. The van der Waals surface area contributed by atoms with Crippen LogP contribution in [0.4, 0.5) is 5.69 Å². The lowest BCUT2D eigenvalue weighted by Gasteiger charge is -2.48. The van der Waals surface area contributed by atoms with Gasteiger partial charge in [-0.25, -0.2) is 0 Å². The third kappa shape index (κ3) is 1.44. The fourth-order valence-electron chi connectivity index (χ4n) is 3.84. The first-order valence-corrected chi connectivity index (χ1v) is 7.28. The predicted molar refractivity (Wildman–Crippen MR) is 76.1 cm³/mol. The minimum atomic E-state index is -1.13. The van der Waals surface area contributed by atoms with Crippen molar-refractivity contribution in [3.63, 3.8) is 0 Å². The maximum absolute atomic E-state index is 12.6. The fourth-order valence-corrected chi connectivity index (χ4v) is 3.84. The van der Waals surface area contributed by atoms with E-state index in [0.717, 1.165) is 4.90 Å². The van der Waals surface area contributed by atoms with Gasteiger partial charge in [0.2, 0.25) is 0 Å². The number of nitrogens with two attached hydrogens (primary N) is 1. The molecular formula is C16H14N2O4. The molecule has 2 amide bonds. The monoisotopic (exact) mass is 298 g/mol. The highest BCUT2D eigenvalue weighted by atomic mass is 16.2. The molecule has 0 radical (unpaired) electrons. The molecule has 112 valence electrons. The molecule has 0 aromatic heterocycles. The SMILES string of the molecule is Nc1ccc2c(c1)C(=O)N(C13CC(C1)C(=O)CCC3=O)C2=O. The maximum atomic E-state index is 12.6. The van der Waals surface area contributed by atoms with Gasteiger partial charge < -0.3 is 5.73 Å². The van der Waals surface area contributed by atoms with E-state index in [1.165, 1.54) is 12.1 Å². The Bertz CT molecular complexity index is 761. The van der Waals surface area contributed by atoms with Crippen molar-refractivity contribution in [1.29, 1.82) is 0 Å². The van der Waals surface area contributed by atoms with E-state index in [-0.39, 0.29) is 54.3 Å². The smallest absolute Gasteiger partial charge is 0.262 e. The molecule has 3 aliphatic carbocycles. The van der Waals surface area contributed by atoms with Gasteiger partial charge in [-0.2, -0.15) is 0 Å². The molecule has 6 nitrogen and oxygen atoms in total. The topological polar surface area (TPSA) is 97.5 Å². The van der Waals surface area contributed by atoms with Crippen molar-refractivity contribution in [3.8, 4) is 0 Å². The second-order valence-corrected chi connectivity index (χ2v) is 6.28. The summed E-state index contributed by atoms with van der Waals surface area (Å²) in [7, 11) is 0. The lowest BCUT2D eigenvalue weighted by molar-refractivity contribution is -0.137. The van der Waals surface area contributed by atoms with Crippen LogP contribution in [0.15, 0.2) is 18.2 Å². The molecule has 0 saturated heterocycles. The van der Waals surface area contributed by atoms with Crippen molar-refractivity contribution in [2.24, 2.45) is 5.92 Å². The largest absolute Gasteiger partial charge is 0.399 e. The summed E-state index contributed by atoms with van der Waals surface area (Å²) in [5, 5.41) is 0. The zero-order chi connectivity index (χ0) is 15.6. The van der Waals surface area contributed by atoms with E-state index < -0.39 is 17.4 Å². The fraction of sp³-hybridized carbons (Fsp3) is 0.375. The number of rotatable bonds is 1. The van der Waals surface area contributed by atoms with Crippen LogP contribution < -0.4 is 5.73 Å². The van der Waals surface area contributed by atoms with Gasteiger partial charge in [0.15, 0.2) is 5.78 Å². The van der Waals surface area contributed by atoms with Crippen molar-refractivity contribution in [2.75, 3.05) is 5.73 Å². The first kappa shape index (κ1) is 13.2. The second kappa shape index (κ2) is 4.03. The number of hydrogen-bond acceptors (Lipinski definition) is 5. The van der Waals surface area contributed by atoms with Crippen LogP contribution in [0.25, 0.3) is 0 Å². The quantitative estimate of drug-likeness (QED) is 0.615. The van der Waals surface area contributed by atoms with E-state index in [9.17, 15) is 19.2 Å². The molecule has 22 heavy (non-hydrogen) atoms. The highest BCUT2D eigenvalue weighted by Crippen LogP contribution is 2.50. The second-order valence-electron chi connectivity index (χ2n) is 6.28. The van der Waals surface area contributed by atoms with Gasteiger partial charge in [-0.15, -0.1) is 0 Å². The van der Waals surface area contributed by atoms with E-state index >= 15 is 0 Å². The van der Waals surface area contributed by atoms with Crippen molar-refractivity contribution in [1.82, 2.24) is 4.90 Å². The summed E-state index contributed by atoms with van der Waals surface area (Å²) in [5.74, 6) is -1.27. The zero-order valence-corrected chi connectivity index (χ0v) is 11.8. The molecule has 5 rings (SSSR count). The number of carbonyl (C=O) groups is 4. The summed E-state index contributed by atoms with van der Waals surface area (Å²) in [6.07, 6.45) is 0.851. The molecule has 2 N–H and O–H groups in total. The molecule has 1 aromatic rings. The Morgan fingerprint density at radius 2 is 1.68 bits per heavy atom. The Hall–Kier alpha value is -2.50. The Balaban J connectivity index is 1.79. The molecular weight excluding hydrogens is 284 g/mol. The lowest BCUT2D eigenvalue weighted by atomic mass is 9.65. The number of hydrogen-bond donors (Lipinski definition) is 1. The van der Waals surface area contributed by atoms with E-state index in [4.69, 9.17) is 5.73 Å². The molecule has 0 atom stereocenters. The Morgan fingerprint density at radius 1 is 1.00 bits per heavy atom. The number of amides is 2. The molecule has 3 fully saturated rings. The van der Waals surface area contributed by atoms with E-state index in [2.05, 4.69) is 0 Å². The van der Waals surface area contributed by atoms with Crippen LogP contribution >= 0.6 is 0 Å². The first-order chi connectivity index (χ1) is 10.4. The van der Waals surface area contributed by atoms with Gasteiger partial charge >= 0.3 is 0 Å². The molecule has 4 aliphatic rings. The van der Waals surface area contributed by atoms with Gasteiger partial charge in [-0.3, -0.25) is 24.1 Å². The van der Waals surface area contributed by atoms with Crippen molar-refractivity contribution in [3.05, 3.63) is 29.3 Å². The third-order valence-electron chi connectivity index (χ3n) is 5.08. The number of imide groups is 1. The highest BCUT2D eigenvalue weighted by molar-refractivity contribution is 6.24. The average molecular weight is 298 g/mol. The minimum absolute atomic E-state index is 0.0577. The minimum Gasteiger partial charge on any atom is -0.399 e. The number of anilines is 1. The zero-order valence-electron chi connectivity index (χ0n) is 11.8. The van der Waals surface area contributed by atoms with Gasteiger partial charge in [-0.05, 0) is 31.0 Å². The van der Waals surface area contributed by atoms with Crippen LogP contribution in [0.5, 0.6) is 0 Å². The number of benzene rings is 1. The average Bonchev–Trinajstić information content (AvgIpc) is 2.55. The standard InChI is InChI=1S/C16H14N2O4/c17-9-1-2-10-11(5-9)15(22)18(14(10)21)16-6-8(7-16)12(19)3-4-13(16)20/h1-2,5,8H,3-4,6-7,17H2. The number of ketones is 2. The van der Waals surface area contributed by atoms with E-state index in [1.54, 1.807) is 6.07 Å². The molecule has 0 unspecified atom stereocenters. The van der Waals surface area contributed by atoms with Gasteiger partial charge in [-0.1, -0.05) is 0 Å². The molecule has 2 bridgehead atoms. The van der Waals surface area contributed by atoms with E-state index in [1.807, 2.05) is 0 Å². The summed E-state index contributed by atoms with van der Waals surface area (Å²) >= 11 is 0. The molecule has 1 aromatic carbocycles. The number of fused-ring (bicyclic) bond motifs is 4. The Morgan fingerprint density at radius 3 is 2.41 bits per heavy atom. The van der Waals surface area contributed by atoms with Crippen LogP contribution in [0.1, 0.15) is 46.4 Å². The van der Waals surface area contributed by atoms with Crippen molar-refractivity contribution >= 4 is 29.1 Å². The van der Waals surface area contributed by atoms with Crippen molar-refractivity contribution < 1.29 is 19.2 Å². The van der Waals surface area contributed by atoms with Crippen LogP contribution in [0.2, 0.25) is 0 Å². The van der Waals surface area contributed by atoms with Gasteiger partial charge in [0.25, 0.3) is 11.8 Å². The van der Waals surface area contributed by atoms with Crippen LogP contribution in [-0.2, 0) is 9.59 Å². The normalized spacial score (nSPS) is 30.2. The highest BCUT2D eigenvalue weighted by Gasteiger charge is 2.62. The summed E-state index contributed by atoms with van der Waals surface area (Å²) in [4.78, 5) is 50.6. The number of Topliss-reactive ketones (excluding diaryl/α,β-unsaturated/α-hetero) is 2. The lowest BCUT2D eigenvalue weighted by Crippen LogP contribution is -2.63. The summed E-state index contributed by atoms with van der Waals surface area (Å²) in [6.45, 7) is 0. The van der Waals surface area contributed by atoms with Crippen LogP contribution in [-0.4, -0.2) is 33.8 Å². The maximum Gasteiger partial charge on any atom is 0.262 e. The molecule has 1 heterocycles. The Kier molecular flexibility index (Phi) is 2.41. The molecule has 3 saturated carbocycles. The van der Waals surface area contributed by atoms with Gasteiger partial charge in [0, 0.05) is 24.4 Å². The van der Waals surface area contributed by atoms with Gasteiger partial charge in [0.05, 0.1) is 11.1 Å². The molecule has 0 spiro atoms. The number of nitrogens with zero attached hydrogens (tertiary/aromatic N) is 1. The third-order valence-corrected chi connectivity index (χ3v) is 5.08. The van der Waals surface area contributed by atoms with Crippen LogP contribution in [0, 0.1) is 5.92 Å². The van der Waals surface area contributed by atoms with Gasteiger partial charge in [0.1, 0.15) is 11.3 Å². The van der Waals surface area contributed by atoms with E-state index in [0.29, 0.717) is 5.69 Å². The summed E-state index contributed by atoms with van der Waals surface area (Å²) in [6, 6.07) is 4.55. The Labute approximate surface area is 126 Å².